The van der Waals surface area contributed by atoms with Gasteiger partial charge in [-0.1, -0.05) is 139 Å². The van der Waals surface area contributed by atoms with E-state index in [0.717, 1.165) is 46.1 Å². The SMILES string of the molecule is O=C(O)CCNC(=O)c1ccc(C(NC(=O)Nc2cccc(Br)c2)c2ccc(C3CCCCC3)cc2)cc1.O=C(O)CCNC(=O)c1ccc(C(NC(=O)Nc2cccc(C(F)(F)F)c2)c2ccc(C3CCCCC3)cc2)cc1. The van der Waals surface area contributed by atoms with Gasteiger partial charge < -0.3 is 42.1 Å². The normalized spacial score (nSPS) is 14.5. The van der Waals surface area contributed by atoms with Crippen LogP contribution in [0.5, 0.6) is 0 Å². The number of aliphatic carboxylic acids is 2. The molecule has 2 atom stereocenters. The van der Waals surface area contributed by atoms with Gasteiger partial charge in [-0.2, -0.15) is 13.2 Å². The Morgan fingerprint density at radius 2 is 0.861 bits per heavy atom. The van der Waals surface area contributed by atoms with Gasteiger partial charge in [0, 0.05) is 40.1 Å². The van der Waals surface area contributed by atoms with Crippen LogP contribution >= 0.6 is 15.9 Å². The van der Waals surface area contributed by atoms with E-state index in [1.165, 1.54) is 74.6 Å². The van der Waals surface area contributed by atoms with E-state index in [4.69, 9.17) is 10.2 Å². The zero-order chi connectivity index (χ0) is 56.3. The number of anilines is 2. The molecule has 2 unspecified atom stereocenters. The summed E-state index contributed by atoms with van der Waals surface area (Å²) in [5.74, 6) is -1.68. The quantitative estimate of drug-likeness (QED) is 0.0413. The van der Waals surface area contributed by atoms with Crippen molar-refractivity contribution in [3.05, 3.63) is 200 Å². The third kappa shape index (κ3) is 18.0. The van der Waals surface area contributed by atoms with Crippen LogP contribution in [0, 0.1) is 0 Å². The van der Waals surface area contributed by atoms with Gasteiger partial charge in [-0.25, -0.2) is 9.59 Å². The standard InChI is InChI=1S/C31H32F3N3O4.C30H32BrN3O4/c32-31(33,34)25-7-4-8-26(19-25)36-30(41)37-28(22-11-9-21(10-12-22)20-5-2-1-3-6-20)23-13-15-24(16-14-23)29(40)35-18-17-27(38)39;31-25-7-4-8-26(19-25)33-30(38)34-28(22-11-9-21(10-12-22)20-5-2-1-3-6-20)23-13-15-24(16-14-23)29(37)32-18-17-27(35)36/h4,7-16,19-20,28H,1-3,5-6,17-18H2,(H,35,40)(H,38,39)(H2,36,37,41);4,7-16,19-20,28H,1-3,5-6,17-18H2,(H,32,37)(H,35,36)(H2,33,34,38). The number of carboxylic acid groups (broad SMARTS) is 2. The number of hydrogen-bond acceptors (Lipinski definition) is 6. The third-order valence-electron chi connectivity index (χ3n) is 14.0. The van der Waals surface area contributed by atoms with Crippen molar-refractivity contribution in [2.45, 2.75) is 107 Å². The number of hydrogen-bond donors (Lipinski definition) is 8. The molecule has 0 bridgehead atoms. The number of carbonyl (C=O) groups is 6. The fourth-order valence-electron chi connectivity index (χ4n) is 9.87. The van der Waals surface area contributed by atoms with Gasteiger partial charge in [-0.05, 0) is 132 Å². The average Bonchev–Trinajstić information content (AvgIpc) is 3.45. The minimum atomic E-state index is -4.54. The van der Waals surface area contributed by atoms with Gasteiger partial charge in [0.1, 0.15) is 0 Å². The van der Waals surface area contributed by atoms with E-state index in [2.05, 4.69) is 84.2 Å². The molecule has 0 aromatic heterocycles. The fraction of sp³-hybridized carbons (Fsp3) is 0.311. The summed E-state index contributed by atoms with van der Waals surface area (Å²) in [6.45, 7) is 0.0480. The number of nitrogens with one attached hydrogen (secondary N) is 6. The summed E-state index contributed by atoms with van der Waals surface area (Å²) in [6.07, 6.45) is 7.30. The van der Waals surface area contributed by atoms with Crippen LogP contribution < -0.4 is 31.9 Å². The molecular formula is C61H64BrF3N6O8. The molecule has 414 valence electrons. The highest BCUT2D eigenvalue weighted by Crippen LogP contribution is 2.36. The zero-order valence-corrected chi connectivity index (χ0v) is 45.0. The molecule has 0 radical (unpaired) electrons. The smallest absolute Gasteiger partial charge is 0.416 e. The maximum Gasteiger partial charge on any atom is 0.416 e. The van der Waals surface area contributed by atoms with Gasteiger partial charge in [0.2, 0.25) is 0 Å². The third-order valence-corrected chi connectivity index (χ3v) is 14.5. The molecule has 0 heterocycles. The van der Waals surface area contributed by atoms with Crippen LogP contribution in [-0.2, 0) is 15.8 Å². The lowest BCUT2D eigenvalue weighted by Gasteiger charge is -2.24. The molecule has 2 saturated carbocycles. The van der Waals surface area contributed by atoms with Crippen molar-refractivity contribution in [2.24, 2.45) is 0 Å². The highest BCUT2D eigenvalue weighted by Gasteiger charge is 2.31. The lowest BCUT2D eigenvalue weighted by atomic mass is 9.83. The average molecular weight is 1150 g/mol. The van der Waals surface area contributed by atoms with Gasteiger partial charge in [0.15, 0.2) is 0 Å². The first-order valence-corrected chi connectivity index (χ1v) is 27.3. The number of halogens is 4. The second-order valence-corrected chi connectivity index (χ2v) is 20.6. The van der Waals surface area contributed by atoms with Crippen LogP contribution in [-0.4, -0.2) is 59.1 Å². The van der Waals surface area contributed by atoms with E-state index in [-0.39, 0.29) is 43.6 Å². The lowest BCUT2D eigenvalue weighted by Crippen LogP contribution is -2.33. The molecule has 0 spiro atoms. The first kappa shape index (κ1) is 58.7. The Kier molecular flexibility index (Phi) is 21.2. The highest BCUT2D eigenvalue weighted by atomic mass is 79.9. The largest absolute Gasteiger partial charge is 0.481 e. The Labute approximate surface area is 465 Å². The second-order valence-electron chi connectivity index (χ2n) is 19.7. The molecule has 8 N–H and O–H groups in total. The Hall–Kier alpha value is -7.99. The predicted octanol–water partition coefficient (Wildman–Crippen LogP) is 13.5. The summed E-state index contributed by atoms with van der Waals surface area (Å²) in [7, 11) is 0. The fourth-order valence-corrected chi connectivity index (χ4v) is 10.3. The van der Waals surface area contributed by atoms with Gasteiger partial charge >= 0.3 is 30.2 Å². The summed E-state index contributed by atoms with van der Waals surface area (Å²) in [5, 5.41) is 34.0. The molecule has 79 heavy (non-hydrogen) atoms. The molecular weight excluding hydrogens is 1080 g/mol. The summed E-state index contributed by atoms with van der Waals surface area (Å²) in [5.41, 5.74) is 6.26. The Morgan fingerprint density at radius 1 is 0.494 bits per heavy atom. The topological polar surface area (TPSA) is 215 Å². The van der Waals surface area contributed by atoms with E-state index in [1.807, 2.05) is 48.5 Å². The second kappa shape index (κ2) is 28.6. The van der Waals surface area contributed by atoms with Crippen LogP contribution in [0.2, 0.25) is 0 Å². The molecule has 2 fully saturated rings. The van der Waals surface area contributed by atoms with Crippen LogP contribution in [0.3, 0.4) is 0 Å². The van der Waals surface area contributed by atoms with Crippen molar-refractivity contribution < 1.29 is 52.2 Å². The maximum absolute atomic E-state index is 13.1. The molecule has 18 heteroatoms. The van der Waals surface area contributed by atoms with Crippen molar-refractivity contribution >= 4 is 63.1 Å². The molecule has 2 aliphatic rings. The van der Waals surface area contributed by atoms with Gasteiger partial charge in [-0.3, -0.25) is 19.2 Å². The Balaban J connectivity index is 0.000000229. The predicted molar refractivity (Wildman–Crippen MR) is 300 cm³/mol. The maximum atomic E-state index is 13.1. The number of urea groups is 2. The van der Waals surface area contributed by atoms with Crippen LogP contribution in [0.15, 0.2) is 150 Å². The molecule has 6 aromatic carbocycles. The minimum Gasteiger partial charge on any atom is -0.481 e. The summed E-state index contributed by atoms with van der Waals surface area (Å²) >= 11 is 3.42. The van der Waals surface area contributed by atoms with Crippen molar-refractivity contribution in [2.75, 3.05) is 23.7 Å². The van der Waals surface area contributed by atoms with Crippen LogP contribution in [0.4, 0.5) is 34.1 Å². The van der Waals surface area contributed by atoms with Crippen LogP contribution in [0.1, 0.15) is 161 Å². The van der Waals surface area contributed by atoms with Crippen LogP contribution in [0.25, 0.3) is 0 Å². The Morgan fingerprint density at radius 3 is 1.23 bits per heavy atom. The number of alkyl halides is 3. The highest BCUT2D eigenvalue weighted by molar-refractivity contribution is 9.10. The number of carboxylic acids is 2. The van der Waals surface area contributed by atoms with Gasteiger partial charge in [0.25, 0.3) is 11.8 Å². The number of benzene rings is 6. The summed E-state index contributed by atoms with van der Waals surface area (Å²) in [4.78, 5) is 72.2. The number of carbonyl (C=O) groups excluding carboxylic acids is 4. The lowest BCUT2D eigenvalue weighted by molar-refractivity contribution is -0.138. The number of rotatable bonds is 18. The van der Waals surface area contributed by atoms with Crippen molar-refractivity contribution in [3.8, 4) is 0 Å². The molecule has 14 nitrogen and oxygen atoms in total. The summed E-state index contributed by atoms with van der Waals surface area (Å²) in [6, 6.07) is 39.6. The van der Waals surface area contributed by atoms with E-state index in [0.29, 0.717) is 34.2 Å². The molecule has 6 aromatic rings. The van der Waals surface area contributed by atoms with Crippen molar-refractivity contribution in [3.63, 3.8) is 0 Å². The van der Waals surface area contributed by atoms with Crippen molar-refractivity contribution in [1.29, 1.82) is 0 Å². The molecule has 2 aliphatic carbocycles. The molecule has 0 aliphatic heterocycles. The van der Waals surface area contributed by atoms with Crippen molar-refractivity contribution in [1.82, 2.24) is 21.3 Å². The Bertz CT molecular complexity index is 3020. The first-order valence-electron chi connectivity index (χ1n) is 26.5. The molecule has 8 rings (SSSR count). The first-order chi connectivity index (χ1) is 38.0. The van der Waals surface area contributed by atoms with Gasteiger partial charge in [0.05, 0.1) is 30.5 Å². The minimum absolute atomic E-state index is 0.00268. The van der Waals surface area contributed by atoms with E-state index in [1.54, 1.807) is 36.4 Å². The molecule has 0 saturated heterocycles. The zero-order valence-electron chi connectivity index (χ0n) is 43.4. The summed E-state index contributed by atoms with van der Waals surface area (Å²) < 4.78 is 40.3. The number of amides is 6. The molecule has 6 amide bonds. The monoisotopic (exact) mass is 1140 g/mol. The van der Waals surface area contributed by atoms with E-state index < -0.39 is 47.7 Å². The van der Waals surface area contributed by atoms with E-state index in [9.17, 15) is 41.9 Å². The van der Waals surface area contributed by atoms with E-state index >= 15 is 0 Å². The van der Waals surface area contributed by atoms with Gasteiger partial charge in [-0.15, -0.1) is 0 Å².